The molecule has 16 heteroatoms. The molecule has 2 atom stereocenters. The Hall–Kier alpha value is -15.9. The van der Waals surface area contributed by atoms with Crippen molar-refractivity contribution in [2.24, 2.45) is 0 Å². The first kappa shape index (κ1) is 75.9. The molecule has 16 nitrogen and oxygen atoms in total. The molecule has 2 unspecified atom stereocenters. The highest BCUT2D eigenvalue weighted by Gasteiger charge is 2.51. The summed E-state index contributed by atoms with van der Waals surface area (Å²) in [6.45, 7) is 13.2. The van der Waals surface area contributed by atoms with Gasteiger partial charge in [0.1, 0.15) is 12.1 Å². The summed E-state index contributed by atoms with van der Waals surface area (Å²) in [6, 6.07) is 18.0. The maximum atomic E-state index is 15.3. The monoisotopic (exact) mass is 1380 g/mol. The third-order valence-corrected chi connectivity index (χ3v) is 15.7. The van der Waals surface area contributed by atoms with Gasteiger partial charge in [-0.2, -0.15) is 0 Å². The van der Waals surface area contributed by atoms with Crippen molar-refractivity contribution in [1.29, 1.82) is 0 Å². The van der Waals surface area contributed by atoms with E-state index >= 15 is 4.79 Å². The van der Waals surface area contributed by atoms with E-state index in [1.165, 1.54) is 29.2 Å². The summed E-state index contributed by atoms with van der Waals surface area (Å²) in [5.74, 6) is -6.97. The summed E-state index contributed by atoms with van der Waals surface area (Å²) in [4.78, 5) is 144. The molecule has 4 aromatic rings. The predicted octanol–water partition coefficient (Wildman–Crippen LogP) is 11.4. The van der Waals surface area contributed by atoms with E-state index in [0.29, 0.717) is 66.7 Å². The quantitative estimate of drug-likeness (QED) is 0.0771. The second-order valence-corrected chi connectivity index (χ2v) is 22.3. The molecule has 4 heterocycles. The predicted molar refractivity (Wildman–Crippen MR) is 388 cm³/mol. The van der Waals surface area contributed by atoms with Crippen LogP contribution < -0.4 is 19.6 Å². The molecule has 4 aromatic carbocycles. The Morgan fingerprint density at radius 1 is 0.358 bits per heavy atom. The minimum absolute atomic E-state index is 0.168. The third-order valence-electron chi connectivity index (χ3n) is 15.7. The molecular weight excluding hydrogens is 1330 g/mol. The molecule has 106 heavy (non-hydrogen) atoms. The highest BCUT2D eigenvalue weighted by atomic mass is 16.2. The van der Waals surface area contributed by atoms with E-state index in [1.54, 1.807) is 48.5 Å². The van der Waals surface area contributed by atoms with E-state index < -0.39 is 89.8 Å². The smallest absolute Gasteiger partial charge is 0.258 e. The van der Waals surface area contributed by atoms with Gasteiger partial charge in [-0.3, -0.25) is 57.7 Å². The second-order valence-electron chi connectivity index (χ2n) is 22.3. The molecule has 0 aromatic heterocycles. The number of nitrogens with zero attached hydrogens (tertiary/aromatic N) is 6. The fraction of sp³-hybridized carbons (Fsp3) is 0.178. The normalized spacial score (nSPS) is 13.3. The van der Waals surface area contributed by atoms with Crippen LogP contribution in [0.25, 0.3) is 0 Å². The summed E-state index contributed by atoms with van der Waals surface area (Å²) >= 11 is 0. The number of aryl methyl sites for hydroxylation is 4. The Morgan fingerprint density at radius 2 is 0.623 bits per heavy atom. The van der Waals surface area contributed by atoms with Crippen LogP contribution in [0.4, 0.5) is 22.7 Å². The number of carbonyl (C=O) groups is 10. The lowest BCUT2D eigenvalue weighted by atomic mass is 9.92. The van der Waals surface area contributed by atoms with Crippen LogP contribution in [0.5, 0.6) is 0 Å². The van der Waals surface area contributed by atoms with Crippen molar-refractivity contribution in [2.45, 2.75) is 105 Å². The summed E-state index contributed by atoms with van der Waals surface area (Å²) in [6.07, 6.45) is 6.40. The van der Waals surface area contributed by atoms with Gasteiger partial charge >= 0.3 is 0 Å². The van der Waals surface area contributed by atoms with Gasteiger partial charge < -0.3 is 0 Å². The average molecular weight is 1380 g/mol. The maximum absolute atomic E-state index is 15.3. The lowest BCUT2D eigenvalue weighted by Gasteiger charge is -2.35. The number of hydrogen-bond donors (Lipinski definition) is 0. The Labute approximate surface area is 609 Å². The molecule has 0 N–H and O–H groups in total. The molecule has 0 saturated carbocycles. The molecule has 4 aliphatic heterocycles. The molecule has 504 valence electrons. The molecular formula is C90H54N6O10. The zero-order valence-electron chi connectivity index (χ0n) is 58.0. The van der Waals surface area contributed by atoms with E-state index in [0.717, 1.165) is 71.7 Å². The lowest BCUT2D eigenvalue weighted by molar-refractivity contribution is -0.141. The highest BCUT2D eigenvalue weighted by molar-refractivity contribution is 6.29. The Bertz CT molecular complexity index is 6020. The fourth-order valence-electron chi connectivity index (χ4n) is 11.3. The van der Waals surface area contributed by atoms with E-state index in [9.17, 15) is 43.2 Å². The van der Waals surface area contributed by atoms with E-state index in [4.69, 9.17) is 0 Å². The number of amides is 10. The second kappa shape index (κ2) is 37.9. The van der Waals surface area contributed by atoms with Gasteiger partial charge in [-0.1, -0.05) is 82.0 Å². The molecule has 0 bridgehead atoms. The van der Waals surface area contributed by atoms with Gasteiger partial charge in [-0.25, -0.2) is 19.6 Å². The van der Waals surface area contributed by atoms with Crippen LogP contribution in [-0.4, -0.2) is 81.0 Å². The van der Waals surface area contributed by atoms with Gasteiger partial charge in [0.25, 0.3) is 35.4 Å². The zero-order valence-corrected chi connectivity index (χ0v) is 58.0. The van der Waals surface area contributed by atoms with Crippen molar-refractivity contribution in [1.82, 2.24) is 9.80 Å². The lowest BCUT2D eigenvalue weighted by Crippen LogP contribution is -2.53. The van der Waals surface area contributed by atoms with Gasteiger partial charge in [0.15, 0.2) is 5.82 Å². The molecule has 0 radical (unpaired) electrons. The van der Waals surface area contributed by atoms with Crippen molar-refractivity contribution in [3.63, 3.8) is 0 Å². The van der Waals surface area contributed by atoms with Crippen LogP contribution in [0.2, 0.25) is 0 Å². The number of hydrogen-bond acceptors (Lipinski definition) is 10. The molecule has 0 spiro atoms. The number of carbonyl (C=O) groups excluding carboxylic acids is 10. The van der Waals surface area contributed by atoms with Crippen molar-refractivity contribution >= 4 is 81.8 Å². The molecule has 4 aliphatic rings. The summed E-state index contributed by atoms with van der Waals surface area (Å²) in [5, 5.41) is 0. The first-order valence-corrected chi connectivity index (χ1v) is 32.5. The Morgan fingerprint density at radius 3 is 0.934 bits per heavy atom. The van der Waals surface area contributed by atoms with Crippen LogP contribution in [0.15, 0.2) is 304 Å². The standard InChI is InChI=1S/C90H54N6O10/c1-8-13-14-15-16-17-18-19-20-21-22-23-24-25-26-27-28-29-30-31-32-33-34-35-36-37-38-39-40-41-42-43-44-45-80(91(66(6)97)78-64-85(103)94(89(78)105)77-52-48-69(49-53-77)58-68-46-50-76(51-47-68)93-81(99)54-55-82(93)100)92(67(7)98)79-65-86(104)96(90(79)106)88-74(11-4)62-71(63-75(88)12-5)59-70-60-72(9-2)87(73(10-3)61-70)95-83(101)56-57-84(95)102/h46-57,60-63,78-79H,1,9-12,58-59,64-65H2,2-7H3. The van der Waals surface area contributed by atoms with Gasteiger partial charge in [0, 0.05) is 130 Å². The van der Waals surface area contributed by atoms with Gasteiger partial charge in [-0.15, -0.1) is 0 Å². The SMILES string of the molecule is C=C=C=C=C=C=C=C=C=C=C=C=C=C=C=C=C=C=C=C=C=C=C=C=C=C=C=C=C=C=C=C=C=C=C=C(N(C(C)=O)C1CC(=O)N(c2ccc(Cc3ccc(N4C(=O)C=CC4=O)cc3)cc2)C1=O)N(C(C)=O)C1CC(=O)N(c2c(CC)cc(Cc3cc(CC)c(N4C(=O)C=CC4=O)c(CC)c3)cc2CC)C1=O. The van der Waals surface area contributed by atoms with E-state index in [1.807, 2.05) is 52.0 Å². The van der Waals surface area contributed by atoms with Crippen LogP contribution in [-0.2, 0) is 86.5 Å². The fourth-order valence-corrected chi connectivity index (χ4v) is 11.3. The summed E-state index contributed by atoms with van der Waals surface area (Å²) in [7, 11) is 0. The molecule has 0 aliphatic carbocycles. The van der Waals surface area contributed by atoms with Crippen LogP contribution in [0, 0.1) is 0 Å². The van der Waals surface area contributed by atoms with Crippen LogP contribution >= 0.6 is 0 Å². The maximum Gasteiger partial charge on any atom is 0.258 e. The van der Waals surface area contributed by atoms with Gasteiger partial charge in [-0.05, 0) is 211 Å². The van der Waals surface area contributed by atoms with Gasteiger partial charge in [0.2, 0.25) is 23.6 Å². The summed E-state index contributed by atoms with van der Waals surface area (Å²) < 4.78 is 0. The van der Waals surface area contributed by atoms with Crippen molar-refractivity contribution in [2.75, 3.05) is 19.6 Å². The molecule has 10 amide bonds. The zero-order chi connectivity index (χ0) is 75.9. The Kier molecular flexibility index (Phi) is 27.1. The number of rotatable bonds is 16. The number of benzene rings is 4. The minimum Gasteiger partial charge on any atom is -0.278 e. The van der Waals surface area contributed by atoms with Crippen LogP contribution in [0.3, 0.4) is 0 Å². The highest BCUT2D eigenvalue weighted by Crippen LogP contribution is 2.38. The Balaban J connectivity index is 1.14. The molecule has 8 rings (SSSR count). The largest absolute Gasteiger partial charge is 0.278 e. The summed E-state index contributed by atoms with van der Waals surface area (Å²) in [5.41, 5.74) is 92.8. The number of imide groups is 4. The van der Waals surface area contributed by atoms with Crippen molar-refractivity contribution in [3.05, 3.63) is 349 Å². The van der Waals surface area contributed by atoms with Crippen molar-refractivity contribution < 1.29 is 47.9 Å². The first-order chi connectivity index (χ1) is 51.4. The van der Waals surface area contributed by atoms with Crippen LogP contribution in [0.1, 0.15) is 98.9 Å². The van der Waals surface area contributed by atoms with E-state index in [-0.39, 0.29) is 5.69 Å². The molecule has 2 fully saturated rings. The first-order valence-electron chi connectivity index (χ1n) is 32.5. The molecule has 2 saturated heterocycles. The van der Waals surface area contributed by atoms with Crippen molar-refractivity contribution in [3.8, 4) is 0 Å². The minimum atomic E-state index is -1.62. The van der Waals surface area contributed by atoms with Gasteiger partial charge in [0.05, 0.1) is 35.6 Å². The third kappa shape index (κ3) is 19.5. The average Bonchev–Trinajstić information content (AvgIpc) is 1.58. The topological polar surface area (TPSA) is 190 Å². The number of anilines is 4. The van der Waals surface area contributed by atoms with E-state index in [2.05, 4.69) is 201 Å².